The minimum absolute atomic E-state index is 0.156. The van der Waals surface area contributed by atoms with E-state index in [1.54, 1.807) is 0 Å². The molecule has 0 saturated heterocycles. The van der Waals surface area contributed by atoms with Crippen molar-refractivity contribution in [3.05, 3.63) is 0 Å². The average Bonchev–Trinajstić information content (AvgIpc) is 3.37. The van der Waals surface area contributed by atoms with E-state index in [0.29, 0.717) is 25.7 Å². The normalized spacial score (nSPS) is 11.2. The highest BCUT2D eigenvalue weighted by molar-refractivity contribution is 5.67. The summed E-state index contributed by atoms with van der Waals surface area (Å²) in [5, 5.41) is 75.5. The van der Waals surface area contributed by atoms with E-state index in [1.807, 2.05) is 6.92 Å². The van der Waals surface area contributed by atoms with Crippen molar-refractivity contribution in [1.29, 1.82) is 0 Å². The number of aliphatic hydroxyl groups excluding tert-OH is 6. The number of aliphatic hydroxyl groups is 6. The second kappa shape index (κ2) is 68.3. The highest BCUT2D eigenvalue weighted by Crippen LogP contribution is 2.19. The van der Waals surface area contributed by atoms with Gasteiger partial charge in [0.2, 0.25) is 0 Å². The summed E-state index contributed by atoms with van der Waals surface area (Å²) >= 11 is 0. The lowest BCUT2D eigenvalue weighted by atomic mass is 9.88. The van der Waals surface area contributed by atoms with Gasteiger partial charge < -0.3 is 46.0 Å². The van der Waals surface area contributed by atoms with E-state index in [9.17, 15) is 14.4 Å². The number of unbranched alkanes of at least 4 members (excludes halogenated alkanes) is 33. The fourth-order valence-corrected chi connectivity index (χ4v) is 8.33. The lowest BCUT2D eigenvalue weighted by Gasteiger charge is -2.24. The standard InChI is InChI=1S/3C18H36O2.C6H14O3.C3H8O3/c3*1-17(2)15-13-11-9-7-5-3-4-6-8-10-12-14-16-18(19)20;1-2-6(3-7,4-8)5-9;4-1-3(6)2-5/h3*17H,3-16H2,1-2H3,(H,19,20);7-9H,2-5H2,1H3;3-6H,1-2H2. The molecule has 0 fully saturated rings. The van der Waals surface area contributed by atoms with Gasteiger partial charge in [0.05, 0.1) is 33.0 Å². The van der Waals surface area contributed by atoms with Crippen molar-refractivity contribution in [1.82, 2.24) is 0 Å². The molecule has 0 spiro atoms. The van der Waals surface area contributed by atoms with Gasteiger partial charge in [0.25, 0.3) is 0 Å². The van der Waals surface area contributed by atoms with Crippen LogP contribution in [-0.2, 0) is 14.4 Å². The highest BCUT2D eigenvalue weighted by Gasteiger charge is 2.25. The van der Waals surface area contributed by atoms with E-state index in [1.165, 1.54) is 212 Å². The van der Waals surface area contributed by atoms with Gasteiger partial charge in [-0.25, -0.2) is 0 Å². The van der Waals surface area contributed by atoms with Crippen LogP contribution < -0.4 is 0 Å². The van der Waals surface area contributed by atoms with Crippen molar-refractivity contribution in [3.63, 3.8) is 0 Å². The summed E-state index contributed by atoms with van der Waals surface area (Å²) in [5.41, 5.74) is -0.667. The number of carbonyl (C=O) groups is 3. The summed E-state index contributed by atoms with van der Waals surface area (Å²) in [7, 11) is 0. The van der Waals surface area contributed by atoms with Crippen LogP contribution in [0.3, 0.4) is 0 Å². The lowest BCUT2D eigenvalue weighted by Crippen LogP contribution is -2.32. The summed E-state index contributed by atoms with van der Waals surface area (Å²) in [6.45, 7) is 14.5. The van der Waals surface area contributed by atoms with E-state index in [4.69, 9.17) is 46.0 Å². The van der Waals surface area contributed by atoms with Crippen molar-refractivity contribution >= 4 is 17.9 Å². The van der Waals surface area contributed by atoms with Crippen LogP contribution in [0.2, 0.25) is 0 Å². The molecule has 0 aromatic carbocycles. The van der Waals surface area contributed by atoms with E-state index in [2.05, 4.69) is 41.5 Å². The first-order valence-corrected chi connectivity index (χ1v) is 31.3. The van der Waals surface area contributed by atoms with Crippen molar-refractivity contribution in [3.8, 4) is 0 Å². The molecule has 0 aromatic heterocycles. The SMILES string of the molecule is CC(C)CCCCCCCCCCCCCCC(=O)O.CC(C)CCCCCCCCCCCCCCC(=O)O.CC(C)CCCCCCCCCCCCCCC(=O)O.CCC(CO)(CO)CO.OCC(O)CO. The largest absolute Gasteiger partial charge is 0.481 e. The van der Waals surface area contributed by atoms with Gasteiger partial charge in [-0.3, -0.25) is 14.4 Å². The van der Waals surface area contributed by atoms with Crippen molar-refractivity contribution < 1.29 is 60.3 Å². The second-order valence-corrected chi connectivity index (χ2v) is 23.1. The molecule has 75 heavy (non-hydrogen) atoms. The van der Waals surface area contributed by atoms with Crippen LogP contribution in [0.15, 0.2) is 0 Å². The Morgan fingerprint density at radius 1 is 0.307 bits per heavy atom. The zero-order valence-corrected chi connectivity index (χ0v) is 50.5. The number of carboxylic acids is 3. The van der Waals surface area contributed by atoms with Gasteiger partial charge in [0.15, 0.2) is 0 Å². The first kappa shape index (κ1) is 82.0. The average molecular weight is 1080 g/mol. The maximum absolute atomic E-state index is 10.3. The molecular formula is C63H130O12. The number of aliphatic carboxylic acids is 3. The first-order valence-electron chi connectivity index (χ1n) is 31.3. The summed E-state index contributed by atoms with van der Waals surface area (Å²) in [6, 6.07) is 0. The molecule has 0 radical (unpaired) electrons. The molecule has 454 valence electrons. The molecule has 0 aliphatic heterocycles. The molecule has 0 heterocycles. The monoisotopic (exact) mass is 1080 g/mol. The van der Waals surface area contributed by atoms with Crippen LogP contribution in [0.1, 0.15) is 325 Å². The first-order chi connectivity index (χ1) is 35.9. The molecular weight excluding hydrogens is 949 g/mol. The third kappa shape index (κ3) is 83.7. The minimum Gasteiger partial charge on any atom is -0.481 e. The summed E-state index contributed by atoms with van der Waals surface area (Å²) in [5.74, 6) is 0.636. The zero-order valence-electron chi connectivity index (χ0n) is 50.5. The topological polar surface area (TPSA) is 233 Å². The smallest absolute Gasteiger partial charge is 0.303 e. The predicted octanol–water partition coefficient (Wildman–Crippen LogP) is 16.3. The van der Waals surface area contributed by atoms with Gasteiger partial charge in [-0.05, 0) is 43.4 Å². The molecule has 12 nitrogen and oxygen atoms in total. The van der Waals surface area contributed by atoms with E-state index in [0.717, 1.165) is 56.3 Å². The Morgan fingerprint density at radius 2 is 0.467 bits per heavy atom. The number of carboxylic acid groups (broad SMARTS) is 3. The molecule has 0 rings (SSSR count). The van der Waals surface area contributed by atoms with Crippen LogP contribution in [-0.4, -0.2) is 103 Å². The van der Waals surface area contributed by atoms with Crippen LogP contribution in [0, 0.1) is 23.2 Å². The van der Waals surface area contributed by atoms with Crippen LogP contribution in [0.5, 0.6) is 0 Å². The summed E-state index contributed by atoms with van der Waals surface area (Å²) < 4.78 is 0. The summed E-state index contributed by atoms with van der Waals surface area (Å²) in [6.07, 6.45) is 51.6. The van der Waals surface area contributed by atoms with Gasteiger partial charge in [-0.15, -0.1) is 0 Å². The highest BCUT2D eigenvalue weighted by atomic mass is 16.4. The van der Waals surface area contributed by atoms with E-state index >= 15 is 0 Å². The molecule has 12 heteroatoms. The maximum Gasteiger partial charge on any atom is 0.303 e. The Kier molecular flexibility index (Phi) is 74.7. The van der Waals surface area contributed by atoms with Crippen LogP contribution in [0.4, 0.5) is 0 Å². The van der Waals surface area contributed by atoms with Crippen molar-refractivity contribution in [2.45, 2.75) is 331 Å². The van der Waals surface area contributed by atoms with Crippen LogP contribution >= 0.6 is 0 Å². The summed E-state index contributed by atoms with van der Waals surface area (Å²) in [4.78, 5) is 31.0. The maximum atomic E-state index is 10.3. The Balaban J connectivity index is -0.000000287. The molecule has 0 aliphatic rings. The van der Waals surface area contributed by atoms with Crippen LogP contribution in [0.25, 0.3) is 0 Å². The molecule has 0 aliphatic carbocycles. The molecule has 0 aromatic rings. The third-order valence-electron chi connectivity index (χ3n) is 13.9. The third-order valence-corrected chi connectivity index (χ3v) is 13.9. The number of rotatable bonds is 51. The molecule has 0 amide bonds. The van der Waals surface area contributed by atoms with E-state index < -0.39 is 29.4 Å². The lowest BCUT2D eigenvalue weighted by molar-refractivity contribution is -0.138. The minimum atomic E-state index is -0.954. The molecule has 9 N–H and O–H groups in total. The fourth-order valence-electron chi connectivity index (χ4n) is 8.33. The van der Waals surface area contributed by atoms with Crippen molar-refractivity contribution in [2.75, 3.05) is 33.0 Å². The zero-order chi connectivity index (χ0) is 57.5. The molecule has 0 saturated carbocycles. The quantitative estimate of drug-likeness (QED) is 0.0259. The second-order valence-electron chi connectivity index (χ2n) is 23.1. The molecule has 0 unspecified atom stereocenters. The Labute approximate surface area is 463 Å². The predicted molar refractivity (Wildman–Crippen MR) is 315 cm³/mol. The number of hydrogen-bond acceptors (Lipinski definition) is 9. The van der Waals surface area contributed by atoms with Gasteiger partial charge >= 0.3 is 17.9 Å². The molecule has 0 atom stereocenters. The van der Waals surface area contributed by atoms with E-state index in [-0.39, 0.29) is 33.0 Å². The van der Waals surface area contributed by atoms with Gasteiger partial charge in [-0.2, -0.15) is 0 Å². The molecule has 0 bridgehead atoms. The van der Waals surface area contributed by atoms with Gasteiger partial charge in [0, 0.05) is 24.7 Å². The van der Waals surface area contributed by atoms with Crippen molar-refractivity contribution in [2.24, 2.45) is 23.2 Å². The number of hydrogen-bond donors (Lipinski definition) is 9. The Hall–Kier alpha value is -1.83. The Bertz CT molecular complexity index is 967. The fraction of sp³-hybridized carbons (Fsp3) is 0.952. The Morgan fingerprint density at radius 3 is 0.560 bits per heavy atom. The van der Waals surface area contributed by atoms with Gasteiger partial charge in [0.1, 0.15) is 6.10 Å². The van der Waals surface area contributed by atoms with Gasteiger partial charge in [-0.1, -0.05) is 280 Å².